The van der Waals surface area contributed by atoms with Gasteiger partial charge in [0.05, 0.1) is 6.61 Å². The minimum Gasteiger partial charge on any atom is -0.477 e. The summed E-state index contributed by atoms with van der Waals surface area (Å²) in [4.78, 5) is 28.0. The summed E-state index contributed by atoms with van der Waals surface area (Å²) in [6.45, 7) is 4.06. The first-order valence-corrected chi connectivity index (χ1v) is 8.16. The van der Waals surface area contributed by atoms with E-state index in [1.54, 1.807) is 18.3 Å². The zero-order valence-corrected chi connectivity index (χ0v) is 13.7. The minimum atomic E-state index is -0.603. The molecule has 0 bridgehead atoms. The van der Waals surface area contributed by atoms with Gasteiger partial charge in [0.15, 0.2) is 6.61 Å². The van der Waals surface area contributed by atoms with Crippen LogP contribution in [0, 0.1) is 5.92 Å². The van der Waals surface area contributed by atoms with E-state index < -0.39 is 5.97 Å². The number of carbonyl (C=O) groups excluding carboxylic acids is 2. The second-order valence-electron chi connectivity index (χ2n) is 5.80. The highest BCUT2D eigenvalue weighted by Gasteiger charge is 2.23. The third-order valence-electron chi connectivity index (χ3n) is 4.06. The van der Waals surface area contributed by atoms with Gasteiger partial charge in [-0.3, -0.25) is 4.79 Å². The van der Waals surface area contributed by atoms with Gasteiger partial charge < -0.3 is 14.8 Å². The van der Waals surface area contributed by atoms with E-state index in [9.17, 15) is 9.59 Å². The van der Waals surface area contributed by atoms with E-state index in [0.29, 0.717) is 12.5 Å². The smallest absolute Gasteiger partial charge is 0.344 e. The second kappa shape index (κ2) is 8.50. The largest absolute Gasteiger partial charge is 0.477 e. The first-order chi connectivity index (χ1) is 11.1. The Kier molecular flexibility index (Phi) is 6.38. The Morgan fingerprint density at radius 2 is 2.13 bits per heavy atom. The molecule has 1 aromatic rings. The van der Waals surface area contributed by atoms with Gasteiger partial charge in [0.25, 0.3) is 5.91 Å². The van der Waals surface area contributed by atoms with E-state index in [1.165, 1.54) is 6.42 Å². The molecule has 1 N–H and O–H groups in total. The average molecular weight is 320 g/mol. The van der Waals surface area contributed by atoms with Crippen molar-refractivity contribution in [1.29, 1.82) is 0 Å². The number of pyridine rings is 1. The summed E-state index contributed by atoms with van der Waals surface area (Å²) in [5.41, 5.74) is 0.230. The van der Waals surface area contributed by atoms with Gasteiger partial charge in [-0.25, -0.2) is 9.78 Å². The van der Waals surface area contributed by atoms with Crippen LogP contribution in [0.15, 0.2) is 18.3 Å². The number of nitrogens with one attached hydrogen (secondary N) is 1. The van der Waals surface area contributed by atoms with Crippen molar-refractivity contribution < 1.29 is 19.1 Å². The number of esters is 1. The second-order valence-corrected chi connectivity index (χ2v) is 5.80. The molecule has 0 spiro atoms. The van der Waals surface area contributed by atoms with Crippen molar-refractivity contribution >= 4 is 11.9 Å². The van der Waals surface area contributed by atoms with Crippen molar-refractivity contribution in [3.8, 4) is 5.88 Å². The van der Waals surface area contributed by atoms with Crippen molar-refractivity contribution in [2.75, 3.05) is 13.2 Å². The average Bonchev–Trinajstić information content (AvgIpc) is 2.55. The van der Waals surface area contributed by atoms with Crippen LogP contribution in [0.4, 0.5) is 0 Å². The summed E-state index contributed by atoms with van der Waals surface area (Å²) in [7, 11) is 0. The molecule has 0 aliphatic heterocycles. The van der Waals surface area contributed by atoms with Crippen LogP contribution in [-0.2, 0) is 9.53 Å². The summed E-state index contributed by atoms with van der Waals surface area (Å²) in [6, 6.07) is 3.37. The summed E-state index contributed by atoms with van der Waals surface area (Å²) in [5, 5.41) is 2.95. The van der Waals surface area contributed by atoms with Crippen molar-refractivity contribution in [3.63, 3.8) is 0 Å². The maximum Gasteiger partial charge on any atom is 0.344 e. The number of carbonyl (C=O) groups is 2. The molecular formula is C17H24N2O4. The Morgan fingerprint density at radius 1 is 1.35 bits per heavy atom. The Balaban J connectivity index is 1.85. The molecule has 1 heterocycles. The first kappa shape index (κ1) is 17.2. The molecule has 0 aromatic carbocycles. The van der Waals surface area contributed by atoms with Crippen LogP contribution in [0.3, 0.4) is 0 Å². The van der Waals surface area contributed by atoms with Gasteiger partial charge in [-0.15, -0.1) is 0 Å². The molecular weight excluding hydrogens is 296 g/mol. The molecule has 1 saturated carbocycles. The lowest BCUT2D eigenvalue weighted by Gasteiger charge is -2.29. The van der Waals surface area contributed by atoms with Crippen LogP contribution in [-0.4, -0.2) is 36.1 Å². The summed E-state index contributed by atoms with van der Waals surface area (Å²) in [6.07, 6.45) is 5.99. The molecule has 6 nitrogen and oxygen atoms in total. The third-order valence-corrected chi connectivity index (χ3v) is 4.06. The van der Waals surface area contributed by atoms with E-state index in [2.05, 4.69) is 17.2 Å². The zero-order chi connectivity index (χ0) is 16.7. The monoisotopic (exact) mass is 320 g/mol. The summed E-state index contributed by atoms with van der Waals surface area (Å²) in [5.74, 6) is -0.181. The van der Waals surface area contributed by atoms with E-state index in [0.717, 1.165) is 19.3 Å². The van der Waals surface area contributed by atoms with Crippen LogP contribution in [0.25, 0.3) is 0 Å². The summed E-state index contributed by atoms with van der Waals surface area (Å²) >= 11 is 0. The standard InChI is InChI=1S/C17H24N2O4/c1-3-22-16-13(8-6-10-18-16)17(21)23-11-15(20)19-14-9-5-4-7-12(14)2/h6,8,10,12,14H,3-5,7,9,11H2,1-2H3,(H,19,20)/t12-,14-/m0/s1. The molecule has 2 rings (SSSR count). The molecule has 1 aliphatic carbocycles. The lowest BCUT2D eigenvalue weighted by Crippen LogP contribution is -2.42. The van der Waals surface area contributed by atoms with Crippen molar-refractivity contribution in [3.05, 3.63) is 23.9 Å². The van der Waals surface area contributed by atoms with Gasteiger partial charge in [0, 0.05) is 12.2 Å². The first-order valence-electron chi connectivity index (χ1n) is 8.16. The Labute approximate surface area is 136 Å². The lowest BCUT2D eigenvalue weighted by molar-refractivity contribution is -0.125. The van der Waals surface area contributed by atoms with E-state index in [1.807, 2.05) is 6.92 Å². The van der Waals surface area contributed by atoms with Gasteiger partial charge in [-0.2, -0.15) is 0 Å². The van der Waals surface area contributed by atoms with Crippen LogP contribution >= 0.6 is 0 Å². The number of rotatable bonds is 6. The molecule has 1 aromatic heterocycles. The minimum absolute atomic E-state index is 0.173. The number of ether oxygens (including phenoxy) is 2. The maximum absolute atomic E-state index is 12.1. The molecule has 2 atom stereocenters. The Hall–Kier alpha value is -2.11. The molecule has 0 saturated heterocycles. The molecule has 6 heteroatoms. The predicted octanol–water partition coefficient (Wildman–Crippen LogP) is 2.33. The van der Waals surface area contributed by atoms with Crippen molar-refractivity contribution in [1.82, 2.24) is 10.3 Å². The molecule has 1 aliphatic rings. The van der Waals surface area contributed by atoms with Gasteiger partial charge in [0.1, 0.15) is 5.56 Å². The van der Waals surface area contributed by atoms with Gasteiger partial charge in [-0.1, -0.05) is 19.8 Å². The normalized spacial score (nSPS) is 20.6. The molecule has 1 fully saturated rings. The molecule has 0 unspecified atom stereocenters. The Bertz CT molecular complexity index is 547. The van der Waals surface area contributed by atoms with E-state index in [4.69, 9.17) is 9.47 Å². The number of aromatic nitrogens is 1. The SMILES string of the molecule is CCOc1ncccc1C(=O)OCC(=O)N[C@H]1CCCC[C@@H]1C. The molecule has 0 radical (unpaired) electrons. The van der Waals surface area contributed by atoms with Crippen LogP contribution < -0.4 is 10.1 Å². The molecule has 1 amide bonds. The van der Waals surface area contributed by atoms with Crippen LogP contribution in [0.5, 0.6) is 5.88 Å². The quantitative estimate of drug-likeness (QED) is 0.814. The van der Waals surface area contributed by atoms with Crippen molar-refractivity contribution in [2.24, 2.45) is 5.92 Å². The van der Waals surface area contributed by atoms with Crippen LogP contribution in [0.1, 0.15) is 49.9 Å². The highest BCUT2D eigenvalue weighted by molar-refractivity contribution is 5.93. The fourth-order valence-electron chi connectivity index (χ4n) is 2.79. The number of nitrogens with zero attached hydrogens (tertiary/aromatic N) is 1. The zero-order valence-electron chi connectivity index (χ0n) is 13.7. The fourth-order valence-corrected chi connectivity index (χ4v) is 2.79. The van der Waals surface area contributed by atoms with Gasteiger partial charge in [0.2, 0.25) is 5.88 Å². The van der Waals surface area contributed by atoms with Crippen LogP contribution in [0.2, 0.25) is 0 Å². The van der Waals surface area contributed by atoms with E-state index in [-0.39, 0.29) is 30.0 Å². The fraction of sp³-hybridized carbons (Fsp3) is 0.588. The Morgan fingerprint density at radius 3 is 2.87 bits per heavy atom. The topological polar surface area (TPSA) is 77.5 Å². The highest BCUT2D eigenvalue weighted by Crippen LogP contribution is 2.23. The van der Waals surface area contributed by atoms with Gasteiger partial charge in [-0.05, 0) is 37.8 Å². The summed E-state index contributed by atoms with van der Waals surface area (Å²) < 4.78 is 10.4. The number of amides is 1. The molecule has 126 valence electrons. The maximum atomic E-state index is 12.1. The predicted molar refractivity (Wildman–Crippen MR) is 85.3 cm³/mol. The molecule has 23 heavy (non-hydrogen) atoms. The number of hydrogen-bond acceptors (Lipinski definition) is 5. The van der Waals surface area contributed by atoms with E-state index >= 15 is 0 Å². The van der Waals surface area contributed by atoms with Crippen molar-refractivity contribution in [2.45, 2.75) is 45.6 Å². The number of hydrogen-bond donors (Lipinski definition) is 1. The lowest BCUT2D eigenvalue weighted by atomic mass is 9.86. The third kappa shape index (κ3) is 4.94. The highest BCUT2D eigenvalue weighted by atomic mass is 16.5. The van der Waals surface area contributed by atoms with Gasteiger partial charge >= 0.3 is 5.97 Å².